The summed E-state index contributed by atoms with van der Waals surface area (Å²) in [6.45, 7) is -0.0130. The number of nitrogens with one attached hydrogen (secondary N) is 2. The van der Waals surface area contributed by atoms with Crippen molar-refractivity contribution >= 4 is 18.0 Å². The summed E-state index contributed by atoms with van der Waals surface area (Å²) in [5, 5.41) is 5.41. The summed E-state index contributed by atoms with van der Waals surface area (Å²) in [6.07, 6.45) is 9.72. The van der Waals surface area contributed by atoms with Crippen molar-refractivity contribution < 1.29 is 40.8 Å². The lowest BCUT2D eigenvalue weighted by molar-refractivity contribution is -0.146. The molecule has 0 radical (unpaired) electrons. The monoisotopic (exact) mass is 586 g/mol. The van der Waals surface area contributed by atoms with E-state index in [0.717, 1.165) is 0 Å². The number of nitrogens with zero attached hydrogens (tertiary/aromatic N) is 6. The molecule has 7 rings (SSSR count). The number of esters is 1. The van der Waals surface area contributed by atoms with Crippen LogP contribution in [0.25, 0.3) is 52.4 Å². The first-order valence-electron chi connectivity index (χ1n) is 12.6. The van der Waals surface area contributed by atoms with Crippen molar-refractivity contribution in [1.29, 1.82) is 0 Å². The third kappa shape index (κ3) is 5.22. The minimum atomic E-state index is -1.06. The lowest BCUT2D eigenvalue weighted by atomic mass is 10.3. The Kier molecular flexibility index (Phi) is 6.44. The highest BCUT2D eigenvalue weighted by atomic mass is 16.6. The molecular formula is C26H18N8O9. The number of carbonyl (C=O) groups excluding carboxylic acids is 2. The van der Waals surface area contributed by atoms with E-state index < -0.39 is 18.0 Å². The first-order valence-corrected chi connectivity index (χ1v) is 12.6. The number of rotatable bonds is 3. The van der Waals surface area contributed by atoms with Gasteiger partial charge in [0.1, 0.15) is 37.6 Å². The fraction of sp³-hybridized carbons (Fsp3) is 0.154. The SMILES string of the molecule is CNCC(=O)OC1/C=C/c2nc(co2)-c2nc(co2)-c2nc(co2)CNC(=O)c2coc(n2)-c2coc(n2)-c2coc1n2. The lowest BCUT2D eigenvalue weighted by Crippen LogP contribution is -2.23. The van der Waals surface area contributed by atoms with Crippen LogP contribution in [0.3, 0.4) is 0 Å². The van der Waals surface area contributed by atoms with E-state index in [1.807, 2.05) is 0 Å². The van der Waals surface area contributed by atoms with Crippen LogP contribution in [0.5, 0.6) is 0 Å². The van der Waals surface area contributed by atoms with Crippen molar-refractivity contribution in [1.82, 2.24) is 40.5 Å². The Morgan fingerprint density at radius 3 is 2.12 bits per heavy atom. The Bertz CT molecular complexity index is 1950. The fourth-order valence-electron chi connectivity index (χ4n) is 3.89. The van der Waals surface area contributed by atoms with Gasteiger partial charge in [-0.1, -0.05) is 0 Å². The van der Waals surface area contributed by atoms with Crippen LogP contribution in [-0.2, 0) is 16.1 Å². The molecule has 43 heavy (non-hydrogen) atoms. The topological polar surface area (TPSA) is 224 Å². The van der Waals surface area contributed by atoms with E-state index in [0.29, 0.717) is 11.4 Å². The third-order valence-electron chi connectivity index (χ3n) is 5.88. The first-order chi connectivity index (χ1) is 21.0. The number of likely N-dealkylation sites (N-methyl/N-ethyl adjacent to an activating group) is 1. The number of fused-ring (bicyclic) bond motifs is 16. The molecule has 6 aromatic heterocycles. The number of oxazole rings is 6. The highest BCUT2D eigenvalue weighted by Gasteiger charge is 2.24. The van der Waals surface area contributed by atoms with Crippen LogP contribution in [0.4, 0.5) is 0 Å². The second-order valence-corrected chi connectivity index (χ2v) is 8.88. The molecule has 0 aliphatic carbocycles. The molecule has 17 heteroatoms. The van der Waals surface area contributed by atoms with Gasteiger partial charge in [0, 0.05) is 6.08 Å². The maximum Gasteiger partial charge on any atom is 0.321 e. The Morgan fingerprint density at radius 1 is 0.791 bits per heavy atom. The normalized spacial score (nSPS) is 15.5. The van der Waals surface area contributed by atoms with Gasteiger partial charge in [-0.25, -0.2) is 29.9 Å². The van der Waals surface area contributed by atoms with E-state index in [2.05, 4.69) is 40.5 Å². The van der Waals surface area contributed by atoms with Gasteiger partial charge >= 0.3 is 5.97 Å². The molecule has 0 fully saturated rings. The van der Waals surface area contributed by atoms with E-state index in [4.69, 9.17) is 31.2 Å². The third-order valence-corrected chi connectivity index (χ3v) is 5.88. The number of hydrogen-bond donors (Lipinski definition) is 2. The van der Waals surface area contributed by atoms with Crippen LogP contribution < -0.4 is 10.6 Å². The molecule has 6 aromatic rings. The molecule has 1 atom stereocenters. The van der Waals surface area contributed by atoms with Gasteiger partial charge in [-0.05, 0) is 13.1 Å². The molecule has 1 aliphatic heterocycles. The Hall–Kier alpha value is -6.10. The fourth-order valence-corrected chi connectivity index (χ4v) is 3.89. The Balaban J connectivity index is 1.26. The van der Waals surface area contributed by atoms with Crippen LogP contribution in [0, 0.1) is 0 Å². The Labute approximate surface area is 239 Å². The largest absolute Gasteiger partial charge is 0.447 e. The van der Waals surface area contributed by atoms with Gasteiger partial charge in [0.15, 0.2) is 34.6 Å². The molecule has 0 aromatic carbocycles. The summed E-state index contributed by atoms with van der Waals surface area (Å²) in [5.74, 6) is -0.495. The molecule has 1 aliphatic rings. The van der Waals surface area contributed by atoms with Crippen molar-refractivity contribution in [2.24, 2.45) is 0 Å². The number of carbonyl (C=O) groups is 2. The summed E-state index contributed by atoms with van der Waals surface area (Å²) in [7, 11) is 1.61. The van der Waals surface area contributed by atoms with Crippen molar-refractivity contribution in [3.8, 4) is 46.3 Å². The van der Waals surface area contributed by atoms with E-state index in [1.165, 1.54) is 49.7 Å². The minimum absolute atomic E-state index is 0.00702. The Morgan fingerprint density at radius 2 is 1.37 bits per heavy atom. The van der Waals surface area contributed by atoms with Gasteiger partial charge in [0.25, 0.3) is 5.91 Å². The van der Waals surface area contributed by atoms with E-state index >= 15 is 0 Å². The molecule has 0 saturated heterocycles. The molecule has 7 heterocycles. The molecule has 2 N–H and O–H groups in total. The molecule has 1 unspecified atom stereocenters. The zero-order chi connectivity index (χ0) is 29.3. The van der Waals surface area contributed by atoms with E-state index in [9.17, 15) is 9.59 Å². The average Bonchev–Trinajstić information content (AvgIpc) is 3.83. The van der Waals surface area contributed by atoms with Crippen LogP contribution >= 0.6 is 0 Å². The first kappa shape index (κ1) is 25.8. The van der Waals surface area contributed by atoms with Crippen molar-refractivity contribution in [3.63, 3.8) is 0 Å². The predicted octanol–water partition coefficient (Wildman–Crippen LogP) is 3.04. The second kappa shape index (κ2) is 10.7. The summed E-state index contributed by atoms with van der Waals surface area (Å²) >= 11 is 0. The summed E-state index contributed by atoms with van der Waals surface area (Å²) in [6, 6.07) is 0. The number of ether oxygens (including phenoxy) is 1. The van der Waals surface area contributed by atoms with E-state index in [1.54, 1.807) is 7.05 Å². The molecule has 216 valence electrons. The number of amides is 1. The van der Waals surface area contributed by atoms with Gasteiger partial charge in [-0.3, -0.25) is 9.59 Å². The second-order valence-electron chi connectivity index (χ2n) is 8.88. The van der Waals surface area contributed by atoms with Gasteiger partial charge in [-0.15, -0.1) is 0 Å². The summed E-state index contributed by atoms with van der Waals surface area (Å²) < 4.78 is 38.6. The van der Waals surface area contributed by atoms with Gasteiger partial charge in [-0.2, -0.15) is 0 Å². The number of aromatic nitrogens is 6. The summed E-state index contributed by atoms with van der Waals surface area (Å²) in [5.41, 5.74) is 1.43. The molecule has 1 amide bonds. The van der Waals surface area contributed by atoms with Crippen molar-refractivity contribution in [2.75, 3.05) is 13.6 Å². The standard InChI is InChI=1S/C26H18N8O9/c1-27-5-20(35)43-18-2-3-19-30-14(8-37-19)23-32-15(9-40-23)22-29-12(6-38-22)4-28-21(36)13-7-39-24(31-13)16-10-41-25(33-16)17-11-42-26(18)34-17/h2-3,6-11,18,27H,4-5H2,1H3,(H,28,36)/b3-2+. The lowest BCUT2D eigenvalue weighted by Gasteiger charge is -2.10. The van der Waals surface area contributed by atoms with Crippen molar-refractivity contribution in [2.45, 2.75) is 12.6 Å². The average molecular weight is 586 g/mol. The summed E-state index contributed by atoms with van der Waals surface area (Å²) in [4.78, 5) is 50.9. The van der Waals surface area contributed by atoms with Crippen LogP contribution in [0.1, 0.15) is 34.1 Å². The highest BCUT2D eigenvalue weighted by molar-refractivity contribution is 5.92. The van der Waals surface area contributed by atoms with Crippen LogP contribution in [0.15, 0.2) is 70.2 Å². The maximum absolute atomic E-state index is 12.7. The quantitative estimate of drug-likeness (QED) is 0.284. The van der Waals surface area contributed by atoms with Crippen molar-refractivity contribution in [3.05, 3.63) is 66.8 Å². The number of hydrogen-bond acceptors (Lipinski definition) is 16. The van der Waals surface area contributed by atoms with Crippen LogP contribution in [-0.4, -0.2) is 55.4 Å². The maximum atomic E-state index is 12.7. The molecule has 12 bridgehead atoms. The highest BCUT2D eigenvalue weighted by Crippen LogP contribution is 2.28. The minimum Gasteiger partial charge on any atom is -0.447 e. The zero-order valence-electron chi connectivity index (χ0n) is 22.0. The predicted molar refractivity (Wildman–Crippen MR) is 138 cm³/mol. The molecular weight excluding hydrogens is 568 g/mol. The molecule has 0 saturated carbocycles. The van der Waals surface area contributed by atoms with E-state index in [-0.39, 0.29) is 71.2 Å². The van der Waals surface area contributed by atoms with Crippen LogP contribution in [0.2, 0.25) is 0 Å². The molecule has 0 spiro atoms. The zero-order valence-corrected chi connectivity index (χ0v) is 22.0. The van der Waals surface area contributed by atoms with Gasteiger partial charge in [0.2, 0.25) is 35.3 Å². The molecule has 17 nitrogen and oxygen atoms in total. The van der Waals surface area contributed by atoms with Gasteiger partial charge < -0.3 is 41.9 Å². The van der Waals surface area contributed by atoms with Gasteiger partial charge in [0.05, 0.1) is 18.8 Å². The smallest absolute Gasteiger partial charge is 0.321 e.